The molecule has 0 amide bonds. The van der Waals surface area contributed by atoms with Gasteiger partial charge >= 0.3 is 0 Å². The maximum absolute atomic E-state index is 4.14. The highest BCUT2D eigenvalue weighted by atomic mass is 32.2. The summed E-state index contributed by atoms with van der Waals surface area (Å²) in [4.78, 5) is 4.14. The lowest BCUT2D eigenvalue weighted by Crippen LogP contribution is -2.02. The highest BCUT2D eigenvalue weighted by molar-refractivity contribution is 7.98. The molecule has 2 aromatic rings. The van der Waals surface area contributed by atoms with E-state index in [0.29, 0.717) is 0 Å². The number of hydrogen-bond acceptors (Lipinski definition) is 3. The number of hydrogen-bond donors (Lipinski definition) is 1. The third kappa shape index (κ3) is 3.37. The molecule has 1 N–H and O–H groups in total. The van der Waals surface area contributed by atoms with Crippen LogP contribution in [0.25, 0.3) is 10.8 Å². The van der Waals surface area contributed by atoms with E-state index in [4.69, 9.17) is 0 Å². The first-order valence-corrected chi connectivity index (χ1v) is 7.37. The van der Waals surface area contributed by atoms with Gasteiger partial charge in [-0.05, 0) is 37.0 Å². The average Bonchev–Trinajstić information content (AvgIpc) is 2.39. The van der Waals surface area contributed by atoms with E-state index >= 15 is 0 Å². The van der Waals surface area contributed by atoms with Crippen LogP contribution in [0.4, 0.5) is 5.69 Å². The van der Waals surface area contributed by atoms with Crippen LogP contribution in [0.1, 0.15) is 12.8 Å². The number of benzene rings is 1. The van der Waals surface area contributed by atoms with Gasteiger partial charge in [0.25, 0.3) is 0 Å². The van der Waals surface area contributed by atoms with Gasteiger partial charge in [-0.15, -0.1) is 0 Å². The Morgan fingerprint density at radius 3 is 3.06 bits per heavy atom. The molecule has 0 aliphatic rings. The Kier molecular flexibility index (Phi) is 4.68. The highest BCUT2D eigenvalue weighted by Gasteiger charge is 1.99. The topological polar surface area (TPSA) is 24.9 Å². The molecule has 0 saturated carbocycles. The van der Waals surface area contributed by atoms with Gasteiger partial charge in [0.05, 0.1) is 0 Å². The van der Waals surface area contributed by atoms with Crippen molar-refractivity contribution < 1.29 is 0 Å². The van der Waals surface area contributed by atoms with Crippen LogP contribution in [0.3, 0.4) is 0 Å². The van der Waals surface area contributed by atoms with Crippen LogP contribution in [0.5, 0.6) is 0 Å². The van der Waals surface area contributed by atoms with Crippen molar-refractivity contribution in [2.45, 2.75) is 12.8 Å². The third-order valence-electron chi connectivity index (χ3n) is 2.77. The predicted octanol–water partition coefficient (Wildman–Crippen LogP) is 3.79. The summed E-state index contributed by atoms with van der Waals surface area (Å²) in [5, 5.41) is 5.96. The number of fused-ring (bicyclic) bond motifs is 1. The highest BCUT2D eigenvalue weighted by Crippen LogP contribution is 2.21. The van der Waals surface area contributed by atoms with Crippen molar-refractivity contribution >= 4 is 28.2 Å². The molecule has 0 unspecified atom stereocenters. The lowest BCUT2D eigenvalue weighted by molar-refractivity contribution is 0.844. The SMILES string of the molecule is CSCCCCNc1cccc2cnccc12. The number of anilines is 1. The molecule has 90 valence electrons. The van der Waals surface area contributed by atoms with E-state index in [1.54, 1.807) is 0 Å². The molecule has 0 aliphatic carbocycles. The second-order valence-corrected chi connectivity index (χ2v) is 5.01. The van der Waals surface area contributed by atoms with E-state index in [1.807, 2.05) is 24.2 Å². The second kappa shape index (κ2) is 6.50. The fourth-order valence-electron chi connectivity index (χ4n) is 1.87. The van der Waals surface area contributed by atoms with Crippen LogP contribution in [-0.4, -0.2) is 23.5 Å². The van der Waals surface area contributed by atoms with Gasteiger partial charge in [0.1, 0.15) is 0 Å². The molecule has 1 aromatic carbocycles. The number of pyridine rings is 1. The summed E-state index contributed by atoms with van der Waals surface area (Å²) in [5.74, 6) is 1.25. The Morgan fingerprint density at radius 1 is 1.24 bits per heavy atom. The van der Waals surface area contributed by atoms with Crippen molar-refractivity contribution in [1.29, 1.82) is 0 Å². The van der Waals surface area contributed by atoms with Crippen LogP contribution in [-0.2, 0) is 0 Å². The number of unbranched alkanes of at least 4 members (excludes halogenated alkanes) is 1. The molecule has 0 spiro atoms. The Labute approximate surface area is 107 Å². The van der Waals surface area contributed by atoms with E-state index in [1.165, 1.54) is 35.1 Å². The van der Waals surface area contributed by atoms with Crippen molar-refractivity contribution in [2.24, 2.45) is 0 Å². The monoisotopic (exact) mass is 246 g/mol. The van der Waals surface area contributed by atoms with Gasteiger partial charge in [0, 0.05) is 35.4 Å². The standard InChI is InChI=1S/C14H18N2S/c1-17-10-3-2-8-16-14-6-4-5-12-11-15-9-7-13(12)14/h4-7,9,11,16H,2-3,8,10H2,1H3. The third-order valence-corrected chi connectivity index (χ3v) is 3.47. The van der Waals surface area contributed by atoms with Gasteiger partial charge < -0.3 is 5.32 Å². The summed E-state index contributed by atoms with van der Waals surface area (Å²) in [6.07, 6.45) is 8.42. The van der Waals surface area contributed by atoms with Gasteiger partial charge in [-0.3, -0.25) is 4.98 Å². The molecule has 1 aromatic heterocycles. The number of aromatic nitrogens is 1. The molecular formula is C14H18N2S. The molecule has 1 heterocycles. The van der Waals surface area contributed by atoms with Crippen molar-refractivity contribution in [3.05, 3.63) is 36.7 Å². The Bertz CT molecular complexity index is 465. The second-order valence-electron chi connectivity index (χ2n) is 4.03. The van der Waals surface area contributed by atoms with Crippen LogP contribution in [0.2, 0.25) is 0 Å². The van der Waals surface area contributed by atoms with Gasteiger partial charge in [-0.1, -0.05) is 12.1 Å². The Morgan fingerprint density at radius 2 is 2.18 bits per heavy atom. The van der Waals surface area contributed by atoms with E-state index in [-0.39, 0.29) is 0 Å². The summed E-state index contributed by atoms with van der Waals surface area (Å²) in [6.45, 7) is 1.04. The number of rotatable bonds is 6. The first-order valence-electron chi connectivity index (χ1n) is 5.97. The molecule has 0 radical (unpaired) electrons. The number of nitrogens with one attached hydrogen (secondary N) is 1. The van der Waals surface area contributed by atoms with Crippen LogP contribution < -0.4 is 5.32 Å². The minimum Gasteiger partial charge on any atom is -0.385 e. The van der Waals surface area contributed by atoms with Crippen LogP contribution >= 0.6 is 11.8 Å². The van der Waals surface area contributed by atoms with E-state index in [2.05, 4.69) is 40.8 Å². The largest absolute Gasteiger partial charge is 0.385 e. The predicted molar refractivity (Wildman–Crippen MR) is 77.8 cm³/mol. The van der Waals surface area contributed by atoms with Crippen molar-refractivity contribution in [1.82, 2.24) is 4.98 Å². The fourth-order valence-corrected chi connectivity index (χ4v) is 2.36. The molecular weight excluding hydrogens is 228 g/mol. The lowest BCUT2D eigenvalue weighted by atomic mass is 10.1. The van der Waals surface area contributed by atoms with Gasteiger partial charge in [-0.25, -0.2) is 0 Å². The summed E-state index contributed by atoms with van der Waals surface area (Å²) in [7, 11) is 0. The molecule has 0 fully saturated rings. The molecule has 17 heavy (non-hydrogen) atoms. The zero-order chi connectivity index (χ0) is 11.9. The summed E-state index contributed by atoms with van der Waals surface area (Å²) < 4.78 is 0. The van der Waals surface area contributed by atoms with E-state index in [0.717, 1.165) is 6.54 Å². The summed E-state index contributed by atoms with van der Waals surface area (Å²) in [5.41, 5.74) is 1.22. The maximum atomic E-state index is 4.14. The zero-order valence-corrected chi connectivity index (χ0v) is 11.0. The molecule has 0 bridgehead atoms. The van der Waals surface area contributed by atoms with E-state index < -0.39 is 0 Å². The molecule has 3 heteroatoms. The average molecular weight is 246 g/mol. The number of nitrogens with zero attached hydrogens (tertiary/aromatic N) is 1. The lowest BCUT2D eigenvalue weighted by Gasteiger charge is -2.09. The van der Waals surface area contributed by atoms with Crippen LogP contribution in [0, 0.1) is 0 Å². The minimum atomic E-state index is 1.04. The van der Waals surface area contributed by atoms with Crippen molar-refractivity contribution in [3.63, 3.8) is 0 Å². The molecule has 2 rings (SSSR count). The Balaban J connectivity index is 1.98. The van der Waals surface area contributed by atoms with Crippen molar-refractivity contribution in [3.8, 4) is 0 Å². The van der Waals surface area contributed by atoms with E-state index in [9.17, 15) is 0 Å². The number of thioether (sulfide) groups is 1. The maximum Gasteiger partial charge on any atom is 0.0420 e. The molecule has 0 saturated heterocycles. The quantitative estimate of drug-likeness (QED) is 0.785. The normalized spacial score (nSPS) is 10.6. The molecule has 2 nitrogen and oxygen atoms in total. The van der Waals surface area contributed by atoms with Gasteiger partial charge in [0.2, 0.25) is 0 Å². The first-order chi connectivity index (χ1) is 8.42. The molecule has 0 aliphatic heterocycles. The first kappa shape index (κ1) is 12.2. The molecule has 0 atom stereocenters. The smallest absolute Gasteiger partial charge is 0.0420 e. The van der Waals surface area contributed by atoms with Gasteiger partial charge in [0.15, 0.2) is 0 Å². The Hall–Kier alpha value is -1.22. The zero-order valence-electron chi connectivity index (χ0n) is 10.1. The van der Waals surface area contributed by atoms with Crippen LogP contribution in [0.15, 0.2) is 36.7 Å². The fraction of sp³-hybridized carbons (Fsp3) is 0.357. The minimum absolute atomic E-state index is 1.04. The van der Waals surface area contributed by atoms with Gasteiger partial charge in [-0.2, -0.15) is 11.8 Å². The summed E-state index contributed by atoms with van der Waals surface area (Å²) >= 11 is 1.91. The summed E-state index contributed by atoms with van der Waals surface area (Å²) in [6, 6.07) is 8.38. The van der Waals surface area contributed by atoms with Crippen molar-refractivity contribution in [2.75, 3.05) is 23.9 Å².